The molecular formula is C37H40F4N6O3S. The van der Waals surface area contributed by atoms with Crippen molar-refractivity contribution in [2.75, 3.05) is 42.5 Å². The molecule has 2 saturated heterocycles. The average Bonchev–Trinajstić information content (AvgIpc) is 3.62. The average molecular weight is 725 g/mol. The summed E-state index contributed by atoms with van der Waals surface area (Å²) in [6.45, 7) is 8.11. The molecule has 4 aromatic rings. The van der Waals surface area contributed by atoms with Crippen LogP contribution in [-0.4, -0.2) is 67.4 Å². The maximum absolute atomic E-state index is 14.5. The van der Waals surface area contributed by atoms with E-state index in [9.17, 15) is 30.8 Å². The summed E-state index contributed by atoms with van der Waals surface area (Å²) >= 11 is 0. The highest BCUT2D eigenvalue weighted by Gasteiger charge is 2.39. The standard InChI is InChI=1S/C37H40F4N6O3S/c1-36(2,3)26-14-16-29(17-15-26)51(49,50)47-18-6-9-33(47)34(48)42-24-28-23-31(25-10-12-27(13-11-25)37(39,40)41)44-35(43-28)46-21-19-45(20-22-46)32-8-5-4-7-30(32)38/h4-5,7-8,10-17,23,33H,6,9,18-22,24H2,1-3H3,(H,42,48)/t33-/m0/s1. The van der Waals surface area contributed by atoms with Crippen molar-refractivity contribution in [2.24, 2.45) is 0 Å². The molecule has 14 heteroatoms. The topological polar surface area (TPSA) is 98.7 Å². The summed E-state index contributed by atoms with van der Waals surface area (Å²) in [6.07, 6.45) is -3.63. The number of hydrogen-bond acceptors (Lipinski definition) is 7. The van der Waals surface area contributed by atoms with Gasteiger partial charge in [0.25, 0.3) is 0 Å². The largest absolute Gasteiger partial charge is 0.416 e. The number of sulfonamides is 1. The molecule has 0 bridgehead atoms. The molecule has 270 valence electrons. The Morgan fingerprint density at radius 1 is 0.843 bits per heavy atom. The number of alkyl halides is 3. The van der Waals surface area contributed by atoms with Crippen molar-refractivity contribution in [1.82, 2.24) is 19.6 Å². The van der Waals surface area contributed by atoms with E-state index in [0.717, 1.165) is 17.7 Å². The van der Waals surface area contributed by atoms with E-state index in [1.165, 1.54) is 22.5 Å². The molecule has 1 atom stereocenters. The number of aromatic nitrogens is 2. The molecule has 0 aliphatic carbocycles. The molecular weight excluding hydrogens is 685 g/mol. The van der Waals surface area contributed by atoms with E-state index >= 15 is 0 Å². The van der Waals surface area contributed by atoms with Gasteiger partial charge in [-0.25, -0.2) is 22.8 Å². The summed E-state index contributed by atoms with van der Waals surface area (Å²) in [5.41, 5.74) is 1.71. The van der Waals surface area contributed by atoms with Crippen molar-refractivity contribution >= 4 is 27.6 Å². The number of amides is 1. The summed E-state index contributed by atoms with van der Waals surface area (Å²) in [5, 5.41) is 2.84. The third-order valence-corrected chi connectivity index (χ3v) is 11.2. The lowest BCUT2D eigenvalue weighted by molar-refractivity contribution is -0.137. The summed E-state index contributed by atoms with van der Waals surface area (Å²) < 4.78 is 82.9. The van der Waals surface area contributed by atoms with Crippen LogP contribution in [0.3, 0.4) is 0 Å². The first kappa shape index (κ1) is 36.2. The molecule has 0 unspecified atom stereocenters. The van der Waals surface area contributed by atoms with E-state index in [1.807, 2.05) is 30.6 Å². The van der Waals surface area contributed by atoms with Crippen LogP contribution in [0.25, 0.3) is 11.3 Å². The van der Waals surface area contributed by atoms with Gasteiger partial charge < -0.3 is 15.1 Å². The number of piperazine rings is 1. The molecule has 2 aliphatic rings. The maximum Gasteiger partial charge on any atom is 0.416 e. The lowest BCUT2D eigenvalue weighted by Gasteiger charge is -2.36. The zero-order valence-corrected chi connectivity index (χ0v) is 29.4. The Hall–Kier alpha value is -4.56. The first-order valence-electron chi connectivity index (χ1n) is 16.8. The second kappa shape index (κ2) is 14.2. The fourth-order valence-electron chi connectivity index (χ4n) is 6.40. The number of anilines is 2. The van der Waals surface area contributed by atoms with Gasteiger partial charge in [-0.1, -0.05) is 57.2 Å². The van der Waals surface area contributed by atoms with Crippen LogP contribution >= 0.6 is 0 Å². The van der Waals surface area contributed by atoms with E-state index in [0.29, 0.717) is 67.6 Å². The Balaban J connectivity index is 1.21. The van der Waals surface area contributed by atoms with Crippen molar-refractivity contribution in [3.05, 3.63) is 102 Å². The molecule has 9 nitrogen and oxygen atoms in total. The maximum atomic E-state index is 14.5. The van der Waals surface area contributed by atoms with E-state index < -0.39 is 33.7 Å². The van der Waals surface area contributed by atoms with Gasteiger partial charge in [-0.15, -0.1) is 0 Å². The van der Waals surface area contributed by atoms with Crippen LogP contribution in [0.15, 0.2) is 83.8 Å². The van der Waals surface area contributed by atoms with Crippen molar-refractivity contribution in [1.29, 1.82) is 0 Å². The molecule has 51 heavy (non-hydrogen) atoms. The third-order valence-electron chi connectivity index (χ3n) is 9.31. The zero-order chi connectivity index (χ0) is 36.6. The Labute approximate surface area is 295 Å². The smallest absolute Gasteiger partial charge is 0.366 e. The number of carbonyl (C=O) groups excluding carboxylic acids is 1. The molecule has 1 N–H and O–H groups in total. The molecule has 1 amide bonds. The normalized spacial score (nSPS) is 17.5. The number of rotatable bonds is 8. The number of hydrogen-bond donors (Lipinski definition) is 1. The van der Waals surface area contributed by atoms with Gasteiger partial charge >= 0.3 is 6.18 Å². The number of benzene rings is 3. The van der Waals surface area contributed by atoms with E-state index in [2.05, 4.69) is 10.3 Å². The molecule has 3 aromatic carbocycles. The van der Waals surface area contributed by atoms with E-state index in [4.69, 9.17) is 4.98 Å². The third kappa shape index (κ3) is 8.01. The predicted molar refractivity (Wildman–Crippen MR) is 187 cm³/mol. The van der Waals surface area contributed by atoms with Crippen molar-refractivity contribution in [3.63, 3.8) is 0 Å². The first-order chi connectivity index (χ1) is 24.1. The minimum Gasteiger partial charge on any atom is -0.366 e. The van der Waals surface area contributed by atoms with Gasteiger partial charge in [0.05, 0.1) is 34.1 Å². The molecule has 6 rings (SSSR count). The second-order valence-corrected chi connectivity index (χ2v) is 15.7. The minimum atomic E-state index is -4.50. The van der Waals surface area contributed by atoms with Crippen LogP contribution in [-0.2, 0) is 33.0 Å². The molecule has 2 fully saturated rings. The summed E-state index contributed by atoms with van der Waals surface area (Å²) in [4.78, 5) is 26.9. The van der Waals surface area contributed by atoms with Crippen LogP contribution in [0.2, 0.25) is 0 Å². The Morgan fingerprint density at radius 3 is 2.10 bits per heavy atom. The van der Waals surface area contributed by atoms with Gasteiger partial charge in [0, 0.05) is 38.3 Å². The van der Waals surface area contributed by atoms with Crippen LogP contribution in [0.1, 0.15) is 50.4 Å². The molecule has 0 radical (unpaired) electrons. The Kier molecular flexibility index (Phi) is 10.1. The van der Waals surface area contributed by atoms with Gasteiger partial charge in [0.2, 0.25) is 21.9 Å². The van der Waals surface area contributed by atoms with Gasteiger partial charge in [-0.2, -0.15) is 17.5 Å². The van der Waals surface area contributed by atoms with Crippen LogP contribution < -0.4 is 15.1 Å². The molecule has 0 saturated carbocycles. The fraction of sp³-hybridized carbons (Fsp3) is 0.378. The quantitative estimate of drug-likeness (QED) is 0.210. The van der Waals surface area contributed by atoms with Gasteiger partial charge in [-0.3, -0.25) is 4.79 Å². The minimum absolute atomic E-state index is 0.0676. The number of nitrogens with one attached hydrogen (secondary N) is 1. The first-order valence-corrected chi connectivity index (χ1v) is 18.3. The van der Waals surface area contributed by atoms with Crippen LogP contribution in [0, 0.1) is 5.82 Å². The number of nitrogens with zero attached hydrogens (tertiary/aromatic N) is 5. The van der Waals surface area contributed by atoms with Crippen LogP contribution in [0.5, 0.6) is 0 Å². The highest BCUT2D eigenvalue weighted by Crippen LogP contribution is 2.32. The number of para-hydroxylation sites is 1. The number of carbonyl (C=O) groups is 1. The van der Waals surface area contributed by atoms with Crippen molar-refractivity contribution < 1.29 is 30.8 Å². The second-order valence-electron chi connectivity index (χ2n) is 13.8. The lowest BCUT2D eigenvalue weighted by atomic mass is 9.87. The summed E-state index contributed by atoms with van der Waals surface area (Å²) in [6, 6.07) is 18.6. The van der Waals surface area contributed by atoms with Crippen LogP contribution in [0.4, 0.5) is 29.2 Å². The van der Waals surface area contributed by atoms with Gasteiger partial charge in [0.15, 0.2) is 0 Å². The fourth-order valence-corrected chi connectivity index (χ4v) is 8.05. The highest BCUT2D eigenvalue weighted by atomic mass is 32.2. The molecule has 1 aromatic heterocycles. The molecule has 0 spiro atoms. The Bertz CT molecular complexity index is 1980. The predicted octanol–water partition coefficient (Wildman–Crippen LogP) is 6.40. The van der Waals surface area contributed by atoms with Crippen molar-refractivity contribution in [3.8, 4) is 11.3 Å². The summed E-state index contributed by atoms with van der Waals surface area (Å²) in [5.74, 6) is -0.484. The van der Waals surface area contributed by atoms with Gasteiger partial charge in [0.1, 0.15) is 11.9 Å². The number of halogens is 4. The molecule has 3 heterocycles. The monoisotopic (exact) mass is 724 g/mol. The summed E-state index contributed by atoms with van der Waals surface area (Å²) in [7, 11) is -3.95. The van der Waals surface area contributed by atoms with E-state index in [-0.39, 0.29) is 29.2 Å². The lowest BCUT2D eigenvalue weighted by Crippen LogP contribution is -2.47. The highest BCUT2D eigenvalue weighted by molar-refractivity contribution is 7.89. The SMILES string of the molecule is CC(C)(C)c1ccc(S(=O)(=O)N2CCC[C@H]2C(=O)NCc2cc(-c3ccc(C(F)(F)F)cc3)nc(N3CCN(c4ccccc4F)CC3)n2)cc1. The molecule has 2 aliphatic heterocycles. The zero-order valence-electron chi connectivity index (χ0n) is 28.6. The van der Waals surface area contributed by atoms with E-state index in [1.54, 1.807) is 48.5 Å². The van der Waals surface area contributed by atoms with Crippen molar-refractivity contribution in [2.45, 2.75) is 62.7 Å². The van der Waals surface area contributed by atoms with Gasteiger partial charge in [-0.05, 0) is 66.3 Å². The Morgan fingerprint density at radius 2 is 1.47 bits per heavy atom.